The van der Waals surface area contributed by atoms with Gasteiger partial charge in [-0.15, -0.1) is 0 Å². The standard InChI is InChI=1S/C16H18O/c1-12-8-9-15(10-13(12)2)16(17)11-14-6-4-3-5-7-14/h3-10,12-13H,11H2,1-2H3. The van der Waals surface area contributed by atoms with Gasteiger partial charge in [0.05, 0.1) is 0 Å². The lowest BCUT2D eigenvalue weighted by atomic mass is 9.86. The molecule has 2 atom stereocenters. The van der Waals surface area contributed by atoms with Gasteiger partial charge in [0.1, 0.15) is 0 Å². The van der Waals surface area contributed by atoms with Crippen LogP contribution in [0.4, 0.5) is 0 Å². The van der Waals surface area contributed by atoms with Crippen LogP contribution in [0.3, 0.4) is 0 Å². The van der Waals surface area contributed by atoms with Crippen molar-refractivity contribution in [2.75, 3.05) is 0 Å². The zero-order valence-corrected chi connectivity index (χ0v) is 10.4. The van der Waals surface area contributed by atoms with E-state index in [4.69, 9.17) is 0 Å². The van der Waals surface area contributed by atoms with Crippen LogP contribution in [-0.2, 0) is 11.2 Å². The summed E-state index contributed by atoms with van der Waals surface area (Å²) in [6, 6.07) is 9.91. The maximum Gasteiger partial charge on any atom is 0.166 e. The van der Waals surface area contributed by atoms with Gasteiger partial charge in [-0.3, -0.25) is 4.79 Å². The van der Waals surface area contributed by atoms with Crippen LogP contribution in [0, 0.1) is 11.8 Å². The van der Waals surface area contributed by atoms with Crippen molar-refractivity contribution in [1.29, 1.82) is 0 Å². The van der Waals surface area contributed by atoms with E-state index in [1.807, 2.05) is 36.4 Å². The smallest absolute Gasteiger partial charge is 0.166 e. The summed E-state index contributed by atoms with van der Waals surface area (Å²) in [4.78, 5) is 12.1. The molecule has 2 rings (SSSR count). The number of benzene rings is 1. The number of allylic oxidation sites excluding steroid dienone is 4. The lowest BCUT2D eigenvalue weighted by molar-refractivity contribution is -0.114. The molecular weight excluding hydrogens is 208 g/mol. The van der Waals surface area contributed by atoms with Crippen molar-refractivity contribution < 1.29 is 4.79 Å². The minimum Gasteiger partial charge on any atom is -0.294 e. The van der Waals surface area contributed by atoms with Gasteiger partial charge in [-0.25, -0.2) is 0 Å². The van der Waals surface area contributed by atoms with Crippen LogP contribution in [-0.4, -0.2) is 5.78 Å². The average molecular weight is 226 g/mol. The van der Waals surface area contributed by atoms with Gasteiger partial charge in [0.15, 0.2) is 5.78 Å². The summed E-state index contributed by atoms with van der Waals surface area (Å²) in [5.74, 6) is 1.20. The Morgan fingerprint density at radius 2 is 1.82 bits per heavy atom. The Hall–Kier alpha value is -1.63. The second-order valence-electron chi connectivity index (χ2n) is 4.78. The number of ketones is 1. The van der Waals surface area contributed by atoms with Gasteiger partial charge in [0, 0.05) is 12.0 Å². The van der Waals surface area contributed by atoms with E-state index in [2.05, 4.69) is 26.0 Å². The van der Waals surface area contributed by atoms with Crippen LogP contribution in [0.1, 0.15) is 19.4 Å². The highest BCUT2D eigenvalue weighted by atomic mass is 16.1. The lowest BCUT2D eigenvalue weighted by Crippen LogP contribution is -2.13. The molecule has 0 N–H and O–H groups in total. The van der Waals surface area contributed by atoms with E-state index in [1.54, 1.807) is 0 Å². The van der Waals surface area contributed by atoms with Gasteiger partial charge in [-0.1, -0.05) is 62.4 Å². The number of hydrogen-bond donors (Lipinski definition) is 0. The Kier molecular flexibility index (Phi) is 3.58. The average Bonchev–Trinajstić information content (AvgIpc) is 2.34. The van der Waals surface area contributed by atoms with Crippen LogP contribution in [0.5, 0.6) is 0 Å². The molecule has 1 heteroatoms. The molecular formula is C16H18O. The van der Waals surface area contributed by atoms with E-state index in [0.29, 0.717) is 18.3 Å². The van der Waals surface area contributed by atoms with E-state index < -0.39 is 0 Å². The Balaban J connectivity index is 2.07. The summed E-state index contributed by atoms with van der Waals surface area (Å²) in [6.45, 7) is 4.33. The van der Waals surface area contributed by atoms with Gasteiger partial charge in [0.2, 0.25) is 0 Å². The van der Waals surface area contributed by atoms with Gasteiger partial charge in [-0.2, -0.15) is 0 Å². The summed E-state index contributed by atoms with van der Waals surface area (Å²) < 4.78 is 0. The summed E-state index contributed by atoms with van der Waals surface area (Å²) in [5, 5.41) is 0. The third-order valence-corrected chi connectivity index (χ3v) is 3.38. The molecule has 17 heavy (non-hydrogen) atoms. The molecule has 0 heterocycles. The summed E-state index contributed by atoms with van der Waals surface area (Å²) in [6.07, 6.45) is 6.69. The molecule has 1 nitrogen and oxygen atoms in total. The van der Waals surface area contributed by atoms with Crippen molar-refractivity contribution >= 4 is 5.78 Å². The fraction of sp³-hybridized carbons (Fsp3) is 0.312. The second-order valence-corrected chi connectivity index (χ2v) is 4.78. The maximum absolute atomic E-state index is 12.1. The minimum absolute atomic E-state index is 0.214. The van der Waals surface area contributed by atoms with Gasteiger partial charge < -0.3 is 0 Å². The monoisotopic (exact) mass is 226 g/mol. The minimum atomic E-state index is 0.214. The zero-order chi connectivity index (χ0) is 12.3. The van der Waals surface area contributed by atoms with Gasteiger partial charge >= 0.3 is 0 Å². The molecule has 0 saturated heterocycles. The highest BCUT2D eigenvalue weighted by Gasteiger charge is 2.16. The highest BCUT2D eigenvalue weighted by molar-refractivity contribution is 5.99. The van der Waals surface area contributed by atoms with Crippen LogP contribution in [0.2, 0.25) is 0 Å². The first-order valence-electron chi connectivity index (χ1n) is 6.14. The van der Waals surface area contributed by atoms with Gasteiger partial charge in [-0.05, 0) is 17.4 Å². The number of rotatable bonds is 3. The molecule has 0 aliphatic heterocycles. The van der Waals surface area contributed by atoms with E-state index in [0.717, 1.165) is 11.1 Å². The molecule has 0 amide bonds. The van der Waals surface area contributed by atoms with Crippen LogP contribution in [0.25, 0.3) is 0 Å². The first-order valence-corrected chi connectivity index (χ1v) is 6.14. The molecule has 0 aromatic heterocycles. The maximum atomic E-state index is 12.1. The quantitative estimate of drug-likeness (QED) is 0.770. The van der Waals surface area contributed by atoms with Crippen molar-refractivity contribution in [2.24, 2.45) is 11.8 Å². The van der Waals surface area contributed by atoms with Crippen molar-refractivity contribution in [1.82, 2.24) is 0 Å². The first-order chi connectivity index (χ1) is 8.16. The molecule has 0 fully saturated rings. The highest BCUT2D eigenvalue weighted by Crippen LogP contribution is 2.23. The second kappa shape index (κ2) is 5.13. The fourth-order valence-corrected chi connectivity index (χ4v) is 1.99. The molecule has 88 valence electrons. The normalized spacial score (nSPS) is 23.3. The molecule has 0 spiro atoms. The molecule has 0 bridgehead atoms. The molecule has 0 radical (unpaired) electrons. The predicted octanol–water partition coefficient (Wildman–Crippen LogP) is 3.57. The summed E-state index contributed by atoms with van der Waals surface area (Å²) in [5.41, 5.74) is 1.94. The van der Waals surface area contributed by atoms with Crippen molar-refractivity contribution in [3.63, 3.8) is 0 Å². The van der Waals surface area contributed by atoms with E-state index in [-0.39, 0.29) is 5.78 Å². The molecule has 1 aromatic carbocycles. The number of carbonyl (C=O) groups excluding carboxylic acids is 1. The van der Waals surface area contributed by atoms with Crippen molar-refractivity contribution in [3.8, 4) is 0 Å². The Morgan fingerprint density at radius 1 is 1.12 bits per heavy atom. The largest absolute Gasteiger partial charge is 0.294 e. The summed E-state index contributed by atoms with van der Waals surface area (Å²) >= 11 is 0. The van der Waals surface area contributed by atoms with Crippen LogP contribution in [0.15, 0.2) is 54.1 Å². The summed E-state index contributed by atoms with van der Waals surface area (Å²) in [7, 11) is 0. The Labute approximate surface area is 103 Å². The van der Waals surface area contributed by atoms with Gasteiger partial charge in [0.25, 0.3) is 0 Å². The topological polar surface area (TPSA) is 17.1 Å². The predicted molar refractivity (Wildman–Crippen MR) is 70.7 cm³/mol. The van der Waals surface area contributed by atoms with E-state index in [1.165, 1.54) is 0 Å². The first kappa shape index (κ1) is 11.8. The zero-order valence-electron chi connectivity index (χ0n) is 10.4. The number of Topliss-reactive ketones (excluding diaryl/α,β-unsaturated/α-hetero) is 1. The van der Waals surface area contributed by atoms with E-state index >= 15 is 0 Å². The molecule has 1 aliphatic rings. The Morgan fingerprint density at radius 3 is 2.47 bits per heavy atom. The van der Waals surface area contributed by atoms with E-state index in [9.17, 15) is 4.79 Å². The molecule has 1 aromatic rings. The third-order valence-electron chi connectivity index (χ3n) is 3.38. The van der Waals surface area contributed by atoms with Crippen molar-refractivity contribution in [3.05, 3.63) is 59.7 Å². The fourth-order valence-electron chi connectivity index (χ4n) is 1.99. The molecule has 2 unspecified atom stereocenters. The van der Waals surface area contributed by atoms with Crippen molar-refractivity contribution in [2.45, 2.75) is 20.3 Å². The third kappa shape index (κ3) is 2.94. The van der Waals surface area contributed by atoms with Crippen LogP contribution < -0.4 is 0 Å². The SMILES string of the molecule is CC1C=CC(C(=O)Cc2ccccc2)=CC1C. The number of hydrogen-bond acceptors (Lipinski definition) is 1. The molecule has 0 saturated carbocycles. The number of carbonyl (C=O) groups is 1. The van der Waals surface area contributed by atoms with Crippen LogP contribution >= 0.6 is 0 Å². The lowest BCUT2D eigenvalue weighted by Gasteiger charge is -2.18. The Bertz CT molecular complexity index is 454. The molecule has 1 aliphatic carbocycles.